The van der Waals surface area contributed by atoms with Gasteiger partial charge < -0.3 is 9.47 Å². The van der Waals surface area contributed by atoms with E-state index in [4.69, 9.17) is 9.47 Å². The Morgan fingerprint density at radius 2 is 2.00 bits per heavy atom. The normalized spacial score (nSPS) is 10.7. The summed E-state index contributed by atoms with van der Waals surface area (Å²) in [6.07, 6.45) is 0. The number of ether oxygens (including phenoxy) is 2. The molecule has 0 amide bonds. The fraction of sp³-hybridized carbons (Fsp3) is 0.176. The second-order valence-electron chi connectivity index (χ2n) is 5.10. The summed E-state index contributed by atoms with van der Waals surface area (Å²) >= 11 is 0. The van der Waals surface area contributed by atoms with Crippen LogP contribution in [-0.2, 0) is 11.3 Å². The number of nitrogens with zero attached hydrogens (tertiary/aromatic N) is 1. The largest absolute Gasteiger partial charge is 0.497 e. The topological polar surface area (TPSA) is 73.3 Å². The van der Waals surface area contributed by atoms with Gasteiger partial charge in [-0.1, -0.05) is 12.1 Å². The molecule has 2 aromatic carbocycles. The molecule has 1 heterocycles. The van der Waals surface area contributed by atoms with Crippen LogP contribution in [0.5, 0.6) is 5.75 Å². The van der Waals surface area contributed by atoms with Gasteiger partial charge in [0.15, 0.2) is 0 Å². The summed E-state index contributed by atoms with van der Waals surface area (Å²) in [6, 6.07) is 12.5. The molecule has 0 aliphatic heterocycles. The quantitative estimate of drug-likeness (QED) is 0.749. The molecule has 0 aliphatic carbocycles. The molecule has 6 heteroatoms. The molecule has 0 bridgehead atoms. The summed E-state index contributed by atoms with van der Waals surface area (Å²) in [5.41, 5.74) is 1.96. The Morgan fingerprint density at radius 1 is 1.17 bits per heavy atom. The van der Waals surface area contributed by atoms with Crippen LogP contribution < -0.4 is 10.3 Å². The van der Waals surface area contributed by atoms with Crippen molar-refractivity contribution in [1.82, 2.24) is 9.78 Å². The second kappa shape index (κ2) is 6.00. The van der Waals surface area contributed by atoms with Gasteiger partial charge in [-0.15, -0.1) is 0 Å². The summed E-state index contributed by atoms with van der Waals surface area (Å²) in [4.78, 5) is 23.7. The highest BCUT2D eigenvalue weighted by atomic mass is 16.5. The van der Waals surface area contributed by atoms with Gasteiger partial charge in [0.2, 0.25) is 0 Å². The van der Waals surface area contributed by atoms with Crippen molar-refractivity contribution < 1.29 is 14.3 Å². The maximum atomic E-state index is 12.1. The maximum Gasteiger partial charge on any atom is 0.337 e. The van der Waals surface area contributed by atoms with Crippen molar-refractivity contribution in [2.45, 2.75) is 6.54 Å². The van der Waals surface area contributed by atoms with Gasteiger partial charge in [-0.25, -0.2) is 4.79 Å². The molecular weight excluding hydrogens is 296 g/mol. The molecule has 0 saturated carbocycles. The summed E-state index contributed by atoms with van der Waals surface area (Å²) in [6.45, 7) is 0.440. The molecule has 1 aromatic heterocycles. The third-order valence-electron chi connectivity index (χ3n) is 3.66. The molecule has 0 aliphatic rings. The number of esters is 1. The molecule has 3 aromatic rings. The van der Waals surface area contributed by atoms with Crippen molar-refractivity contribution in [3.63, 3.8) is 0 Å². The zero-order valence-electron chi connectivity index (χ0n) is 12.8. The predicted octanol–water partition coefficient (Wildman–Crippen LogP) is 2.17. The van der Waals surface area contributed by atoms with Crippen LogP contribution in [0.1, 0.15) is 15.9 Å². The van der Waals surface area contributed by atoms with Crippen molar-refractivity contribution in [2.24, 2.45) is 0 Å². The van der Waals surface area contributed by atoms with E-state index in [2.05, 4.69) is 5.10 Å². The van der Waals surface area contributed by atoms with E-state index in [0.29, 0.717) is 23.2 Å². The zero-order valence-corrected chi connectivity index (χ0v) is 12.8. The van der Waals surface area contributed by atoms with Crippen LogP contribution in [0.15, 0.2) is 47.3 Å². The molecule has 0 spiro atoms. The lowest BCUT2D eigenvalue weighted by Gasteiger charge is -2.07. The number of aromatic amines is 1. The fourth-order valence-corrected chi connectivity index (χ4v) is 2.52. The molecule has 0 radical (unpaired) electrons. The zero-order chi connectivity index (χ0) is 16.4. The average Bonchev–Trinajstić information content (AvgIpc) is 2.89. The van der Waals surface area contributed by atoms with Crippen molar-refractivity contribution in [3.8, 4) is 5.75 Å². The number of carbonyl (C=O) groups is 1. The fourth-order valence-electron chi connectivity index (χ4n) is 2.52. The van der Waals surface area contributed by atoms with E-state index in [1.54, 1.807) is 42.1 Å². The molecule has 3 rings (SSSR count). The molecular formula is C17H16N2O4. The number of fused-ring (bicyclic) bond motifs is 1. The van der Waals surface area contributed by atoms with E-state index in [1.807, 2.05) is 12.1 Å². The number of methoxy groups -OCH3 is 2. The van der Waals surface area contributed by atoms with Crippen molar-refractivity contribution >= 4 is 16.9 Å². The Morgan fingerprint density at radius 3 is 2.74 bits per heavy atom. The number of aromatic nitrogens is 2. The molecule has 0 atom stereocenters. The lowest BCUT2D eigenvalue weighted by Crippen LogP contribution is -2.08. The average molecular weight is 312 g/mol. The molecule has 23 heavy (non-hydrogen) atoms. The third-order valence-corrected chi connectivity index (χ3v) is 3.66. The predicted molar refractivity (Wildman–Crippen MR) is 86.0 cm³/mol. The second-order valence-corrected chi connectivity index (χ2v) is 5.10. The van der Waals surface area contributed by atoms with E-state index >= 15 is 0 Å². The van der Waals surface area contributed by atoms with Gasteiger partial charge in [-0.2, -0.15) is 0 Å². The standard InChI is InChI=1S/C17H16N2O4/c1-22-13-6-7-15-14(9-13)16(20)18-19(15)10-11-4-3-5-12(8-11)17(21)23-2/h3-9H,10H2,1-2H3,(H,18,20). The van der Waals surface area contributed by atoms with E-state index in [0.717, 1.165) is 11.1 Å². The minimum absolute atomic E-state index is 0.178. The van der Waals surface area contributed by atoms with E-state index < -0.39 is 0 Å². The van der Waals surface area contributed by atoms with Crippen LogP contribution in [0, 0.1) is 0 Å². The summed E-state index contributed by atoms with van der Waals surface area (Å²) < 4.78 is 11.6. The smallest absolute Gasteiger partial charge is 0.337 e. The SMILES string of the molecule is COC(=O)c1cccc(Cn2[nH]c(=O)c3cc(OC)ccc32)c1. The number of carbonyl (C=O) groups excluding carboxylic acids is 1. The molecule has 0 unspecified atom stereocenters. The highest BCUT2D eigenvalue weighted by molar-refractivity contribution is 5.89. The summed E-state index contributed by atoms with van der Waals surface area (Å²) in [7, 11) is 2.91. The lowest BCUT2D eigenvalue weighted by molar-refractivity contribution is 0.0600. The van der Waals surface area contributed by atoms with Crippen LogP contribution in [0.4, 0.5) is 0 Å². The Hall–Kier alpha value is -3.02. The minimum atomic E-state index is -0.387. The van der Waals surface area contributed by atoms with Gasteiger partial charge in [-0.05, 0) is 35.9 Å². The number of rotatable bonds is 4. The van der Waals surface area contributed by atoms with Gasteiger partial charge in [0.05, 0.1) is 37.2 Å². The van der Waals surface area contributed by atoms with Gasteiger partial charge in [-0.3, -0.25) is 14.6 Å². The number of nitrogens with one attached hydrogen (secondary N) is 1. The van der Waals surface area contributed by atoms with Crippen molar-refractivity contribution in [3.05, 3.63) is 63.9 Å². The van der Waals surface area contributed by atoms with Crippen LogP contribution >= 0.6 is 0 Å². The molecule has 6 nitrogen and oxygen atoms in total. The Kier molecular flexibility index (Phi) is 3.89. The number of hydrogen-bond acceptors (Lipinski definition) is 4. The van der Waals surface area contributed by atoms with Crippen LogP contribution in [0.3, 0.4) is 0 Å². The van der Waals surface area contributed by atoms with Crippen molar-refractivity contribution in [1.29, 1.82) is 0 Å². The van der Waals surface area contributed by atoms with Gasteiger partial charge in [0, 0.05) is 0 Å². The van der Waals surface area contributed by atoms with E-state index in [-0.39, 0.29) is 11.5 Å². The lowest BCUT2D eigenvalue weighted by atomic mass is 10.1. The Balaban J connectivity index is 1.99. The van der Waals surface area contributed by atoms with Crippen LogP contribution in [0.25, 0.3) is 10.9 Å². The van der Waals surface area contributed by atoms with Gasteiger partial charge in [0.25, 0.3) is 5.56 Å². The van der Waals surface area contributed by atoms with E-state index in [1.165, 1.54) is 7.11 Å². The highest BCUT2D eigenvalue weighted by Gasteiger charge is 2.10. The molecule has 118 valence electrons. The molecule has 1 N–H and O–H groups in total. The molecule has 0 fully saturated rings. The number of hydrogen-bond donors (Lipinski definition) is 1. The first kappa shape index (κ1) is 14.9. The monoisotopic (exact) mass is 312 g/mol. The van der Waals surface area contributed by atoms with Crippen molar-refractivity contribution in [2.75, 3.05) is 14.2 Å². The summed E-state index contributed by atoms with van der Waals surface area (Å²) in [5.74, 6) is 0.246. The summed E-state index contributed by atoms with van der Waals surface area (Å²) in [5, 5.41) is 3.37. The van der Waals surface area contributed by atoms with Crippen LogP contribution in [0.2, 0.25) is 0 Å². The maximum absolute atomic E-state index is 12.1. The number of H-pyrrole nitrogens is 1. The van der Waals surface area contributed by atoms with Crippen LogP contribution in [-0.4, -0.2) is 30.0 Å². The highest BCUT2D eigenvalue weighted by Crippen LogP contribution is 2.19. The van der Waals surface area contributed by atoms with Gasteiger partial charge in [0.1, 0.15) is 5.75 Å². The Bertz CT molecular complexity index is 924. The first-order valence-electron chi connectivity index (χ1n) is 7.06. The van der Waals surface area contributed by atoms with E-state index in [9.17, 15) is 9.59 Å². The molecule has 0 saturated heterocycles. The Labute approximate surface area is 132 Å². The minimum Gasteiger partial charge on any atom is -0.497 e. The van der Waals surface area contributed by atoms with Gasteiger partial charge >= 0.3 is 5.97 Å². The first-order chi connectivity index (χ1) is 11.1. The number of benzene rings is 2. The third kappa shape index (κ3) is 2.83. The first-order valence-corrected chi connectivity index (χ1v) is 7.06.